The zero-order chi connectivity index (χ0) is 14.4. The number of fused-ring (bicyclic) bond motifs is 1. The van der Waals surface area contributed by atoms with E-state index in [0.29, 0.717) is 5.69 Å². The lowest BCUT2D eigenvalue weighted by Crippen LogP contribution is -2.35. The van der Waals surface area contributed by atoms with E-state index in [1.165, 1.54) is 4.90 Å². The van der Waals surface area contributed by atoms with E-state index in [1.54, 1.807) is 6.20 Å². The van der Waals surface area contributed by atoms with Crippen molar-refractivity contribution in [2.75, 3.05) is 0 Å². The first-order valence-corrected chi connectivity index (χ1v) is 6.05. The standard InChI is InChI=1S/C13H18N4O2.ClH/c1-13(2,3)10-7-4-5-16-9(11(14)15)8(7)6-17(10)12(18)19;/h4-5,10H,6H2,1-3H3,(H3,14,15)(H,18,19);1H. The third kappa shape index (κ3) is 2.56. The summed E-state index contributed by atoms with van der Waals surface area (Å²) in [6, 6.07) is 1.57. The zero-order valence-corrected chi connectivity index (χ0v) is 12.5. The van der Waals surface area contributed by atoms with Gasteiger partial charge in [0.2, 0.25) is 0 Å². The van der Waals surface area contributed by atoms with Gasteiger partial charge in [0, 0.05) is 11.8 Å². The molecule has 1 aliphatic heterocycles. The molecule has 7 heteroatoms. The number of aromatic nitrogens is 1. The van der Waals surface area contributed by atoms with Gasteiger partial charge in [-0.25, -0.2) is 4.79 Å². The number of rotatable bonds is 1. The van der Waals surface area contributed by atoms with Crippen LogP contribution in [0.4, 0.5) is 4.79 Å². The fraction of sp³-hybridized carbons (Fsp3) is 0.462. The molecule has 1 atom stereocenters. The van der Waals surface area contributed by atoms with Gasteiger partial charge in [-0.05, 0) is 17.0 Å². The van der Waals surface area contributed by atoms with E-state index in [9.17, 15) is 9.90 Å². The number of nitrogens with two attached hydrogens (primary N) is 1. The molecule has 4 N–H and O–H groups in total. The van der Waals surface area contributed by atoms with Crippen LogP contribution in [-0.2, 0) is 6.54 Å². The van der Waals surface area contributed by atoms with Crippen LogP contribution in [0.1, 0.15) is 43.6 Å². The molecule has 0 aliphatic carbocycles. The van der Waals surface area contributed by atoms with Crippen LogP contribution in [0, 0.1) is 10.8 Å². The Bertz CT molecular complexity index is 554. The van der Waals surface area contributed by atoms with Gasteiger partial charge in [0.15, 0.2) is 0 Å². The lowest BCUT2D eigenvalue weighted by molar-refractivity contribution is 0.0900. The zero-order valence-electron chi connectivity index (χ0n) is 11.7. The monoisotopic (exact) mass is 298 g/mol. The normalized spacial score (nSPS) is 17.4. The van der Waals surface area contributed by atoms with E-state index in [4.69, 9.17) is 11.1 Å². The summed E-state index contributed by atoms with van der Waals surface area (Å²) in [6.45, 7) is 6.22. The summed E-state index contributed by atoms with van der Waals surface area (Å²) in [5.41, 5.74) is 7.31. The Morgan fingerprint density at radius 1 is 1.55 bits per heavy atom. The minimum Gasteiger partial charge on any atom is -0.465 e. The smallest absolute Gasteiger partial charge is 0.408 e. The van der Waals surface area contributed by atoms with Crippen molar-refractivity contribution >= 4 is 24.3 Å². The van der Waals surface area contributed by atoms with Crippen LogP contribution in [-0.4, -0.2) is 26.9 Å². The van der Waals surface area contributed by atoms with E-state index in [1.807, 2.05) is 26.8 Å². The van der Waals surface area contributed by atoms with Crippen molar-refractivity contribution < 1.29 is 9.90 Å². The molecule has 1 amide bonds. The molecule has 2 heterocycles. The first-order valence-electron chi connectivity index (χ1n) is 6.05. The lowest BCUT2D eigenvalue weighted by Gasteiger charge is -2.33. The van der Waals surface area contributed by atoms with Gasteiger partial charge in [-0.1, -0.05) is 20.8 Å². The van der Waals surface area contributed by atoms with E-state index in [-0.39, 0.29) is 36.2 Å². The Hall–Kier alpha value is -1.82. The lowest BCUT2D eigenvalue weighted by atomic mass is 9.82. The summed E-state index contributed by atoms with van der Waals surface area (Å²) in [5, 5.41) is 16.9. The van der Waals surface area contributed by atoms with Gasteiger partial charge in [-0.2, -0.15) is 0 Å². The molecular weight excluding hydrogens is 280 g/mol. The molecule has 1 unspecified atom stereocenters. The maximum atomic E-state index is 11.4. The molecule has 6 nitrogen and oxygen atoms in total. The number of pyridine rings is 1. The Balaban J connectivity index is 0.00000200. The second-order valence-electron chi connectivity index (χ2n) is 5.82. The highest BCUT2D eigenvalue weighted by Crippen LogP contribution is 2.45. The first kappa shape index (κ1) is 16.2. The van der Waals surface area contributed by atoms with Crippen LogP contribution >= 0.6 is 12.4 Å². The topological polar surface area (TPSA) is 103 Å². The van der Waals surface area contributed by atoms with Gasteiger partial charge < -0.3 is 10.8 Å². The maximum Gasteiger partial charge on any atom is 0.408 e. The fourth-order valence-corrected chi connectivity index (χ4v) is 2.70. The molecule has 110 valence electrons. The highest BCUT2D eigenvalue weighted by Gasteiger charge is 2.42. The van der Waals surface area contributed by atoms with E-state index < -0.39 is 6.09 Å². The number of halogens is 1. The highest BCUT2D eigenvalue weighted by molar-refractivity contribution is 5.95. The van der Waals surface area contributed by atoms with E-state index in [2.05, 4.69) is 4.98 Å². The third-order valence-electron chi connectivity index (χ3n) is 3.35. The number of nitrogen functional groups attached to an aromatic ring is 1. The number of amides is 1. The van der Waals surface area contributed by atoms with Crippen LogP contribution in [0.2, 0.25) is 0 Å². The van der Waals surface area contributed by atoms with Crippen LogP contribution in [0.15, 0.2) is 12.3 Å². The number of hydrogen-bond donors (Lipinski definition) is 3. The number of nitrogens with zero attached hydrogens (tertiary/aromatic N) is 2. The van der Waals surface area contributed by atoms with Gasteiger partial charge in [0.1, 0.15) is 11.5 Å². The van der Waals surface area contributed by atoms with Crippen LogP contribution < -0.4 is 5.73 Å². The van der Waals surface area contributed by atoms with Gasteiger partial charge in [0.05, 0.1) is 12.6 Å². The second-order valence-corrected chi connectivity index (χ2v) is 5.82. The highest BCUT2D eigenvalue weighted by atomic mass is 35.5. The van der Waals surface area contributed by atoms with E-state index >= 15 is 0 Å². The molecule has 0 aromatic carbocycles. The molecular formula is C13H19ClN4O2. The minimum absolute atomic E-state index is 0. The molecule has 1 aliphatic rings. The summed E-state index contributed by atoms with van der Waals surface area (Å²) >= 11 is 0. The molecule has 20 heavy (non-hydrogen) atoms. The Kier molecular flexibility index (Phi) is 4.29. The van der Waals surface area contributed by atoms with Crippen LogP contribution in [0.25, 0.3) is 0 Å². The van der Waals surface area contributed by atoms with Crippen molar-refractivity contribution in [3.63, 3.8) is 0 Å². The number of nitrogens with one attached hydrogen (secondary N) is 1. The molecule has 1 aromatic rings. The predicted molar refractivity (Wildman–Crippen MR) is 78.3 cm³/mol. The number of amidine groups is 1. The number of carbonyl (C=O) groups is 1. The van der Waals surface area contributed by atoms with Gasteiger partial charge >= 0.3 is 6.09 Å². The molecule has 1 aromatic heterocycles. The van der Waals surface area contributed by atoms with Crippen molar-refractivity contribution in [2.24, 2.45) is 11.1 Å². The summed E-state index contributed by atoms with van der Waals surface area (Å²) in [4.78, 5) is 16.9. The number of hydrogen-bond acceptors (Lipinski definition) is 3. The molecule has 0 spiro atoms. The fourth-order valence-electron chi connectivity index (χ4n) is 2.70. The Labute approximate surface area is 123 Å². The molecule has 0 fully saturated rings. The molecule has 0 bridgehead atoms. The van der Waals surface area contributed by atoms with Gasteiger partial charge in [-0.3, -0.25) is 15.3 Å². The SMILES string of the molecule is CC(C)(C)C1c2ccnc(C(=N)N)c2CN1C(=O)O.Cl. The molecule has 0 radical (unpaired) electrons. The second kappa shape index (κ2) is 5.28. The third-order valence-corrected chi connectivity index (χ3v) is 3.35. The van der Waals surface area contributed by atoms with Crippen molar-refractivity contribution in [3.8, 4) is 0 Å². The van der Waals surface area contributed by atoms with Crippen molar-refractivity contribution in [1.29, 1.82) is 5.41 Å². The van der Waals surface area contributed by atoms with Gasteiger partial charge in [-0.15, -0.1) is 12.4 Å². The first-order chi connectivity index (χ1) is 8.73. The predicted octanol–water partition coefficient (Wildman–Crippen LogP) is 2.37. The summed E-state index contributed by atoms with van der Waals surface area (Å²) < 4.78 is 0. The summed E-state index contributed by atoms with van der Waals surface area (Å²) in [7, 11) is 0. The van der Waals surface area contributed by atoms with Crippen molar-refractivity contribution in [2.45, 2.75) is 33.4 Å². The molecule has 0 saturated carbocycles. The minimum atomic E-state index is -0.967. The molecule has 2 rings (SSSR count). The van der Waals surface area contributed by atoms with Crippen LogP contribution in [0.5, 0.6) is 0 Å². The van der Waals surface area contributed by atoms with Crippen molar-refractivity contribution in [1.82, 2.24) is 9.88 Å². The Morgan fingerprint density at radius 3 is 2.60 bits per heavy atom. The van der Waals surface area contributed by atoms with Crippen LogP contribution in [0.3, 0.4) is 0 Å². The van der Waals surface area contributed by atoms with E-state index in [0.717, 1.165) is 11.1 Å². The maximum absolute atomic E-state index is 11.4. The van der Waals surface area contributed by atoms with Gasteiger partial charge in [0.25, 0.3) is 0 Å². The Morgan fingerprint density at radius 2 is 2.15 bits per heavy atom. The molecule has 0 saturated heterocycles. The average Bonchev–Trinajstić information content (AvgIpc) is 2.66. The summed E-state index contributed by atoms with van der Waals surface area (Å²) in [5.74, 6) is -0.128. The number of carboxylic acid groups (broad SMARTS) is 1. The largest absolute Gasteiger partial charge is 0.465 e. The van der Waals surface area contributed by atoms with Crippen molar-refractivity contribution in [3.05, 3.63) is 29.1 Å². The quantitative estimate of drug-likeness (QED) is 0.547. The summed E-state index contributed by atoms with van der Waals surface area (Å²) in [6.07, 6.45) is 0.616. The average molecular weight is 299 g/mol.